The number of piperazine rings is 1. The topological polar surface area (TPSA) is 64.2 Å². The van der Waals surface area contributed by atoms with Crippen molar-refractivity contribution in [3.63, 3.8) is 0 Å². The number of fused-ring (bicyclic) bond motifs is 1. The number of hydrogen-bond acceptors (Lipinski definition) is 4. The standard InChI is InChI=1S/C17H22N4O3/c1-18-11-17(24)20-12-16(23)19(10-15(20)21(18)13-22)9-5-8-14-6-3-2-4-7-14/h2-4,6-7,13,15H,5,8-12H2,1H3. The molecule has 0 saturated carbocycles. The Labute approximate surface area is 141 Å². The predicted octanol–water partition coefficient (Wildman–Crippen LogP) is -0.0651. The average Bonchev–Trinajstić information content (AvgIpc) is 2.57. The number of carbonyl (C=O) groups is 3. The van der Waals surface area contributed by atoms with Crippen LogP contribution in [0.1, 0.15) is 12.0 Å². The molecule has 2 heterocycles. The number of rotatable bonds is 5. The Morgan fingerprint density at radius 3 is 2.58 bits per heavy atom. The summed E-state index contributed by atoms with van der Waals surface area (Å²) in [7, 11) is 1.71. The Kier molecular flexibility index (Phi) is 4.80. The van der Waals surface area contributed by atoms with E-state index < -0.39 is 6.17 Å². The van der Waals surface area contributed by atoms with Crippen LogP contribution < -0.4 is 0 Å². The molecule has 0 N–H and O–H groups in total. The number of benzene rings is 1. The van der Waals surface area contributed by atoms with E-state index in [1.807, 2.05) is 18.2 Å². The highest BCUT2D eigenvalue weighted by Crippen LogP contribution is 2.20. The van der Waals surface area contributed by atoms with Gasteiger partial charge in [0.25, 0.3) is 0 Å². The van der Waals surface area contributed by atoms with E-state index in [1.54, 1.807) is 17.0 Å². The second-order valence-corrected chi connectivity index (χ2v) is 6.23. The molecule has 2 saturated heterocycles. The van der Waals surface area contributed by atoms with Gasteiger partial charge in [-0.2, -0.15) is 0 Å². The number of carbonyl (C=O) groups excluding carboxylic acids is 3. The molecule has 0 bridgehead atoms. The fourth-order valence-electron chi connectivity index (χ4n) is 3.31. The lowest BCUT2D eigenvalue weighted by Crippen LogP contribution is -2.71. The van der Waals surface area contributed by atoms with Crippen LogP contribution in [-0.2, 0) is 20.8 Å². The van der Waals surface area contributed by atoms with Crippen LogP contribution >= 0.6 is 0 Å². The third kappa shape index (κ3) is 3.26. The fourth-order valence-corrected chi connectivity index (χ4v) is 3.31. The van der Waals surface area contributed by atoms with Gasteiger partial charge in [0.1, 0.15) is 12.7 Å². The maximum atomic E-state index is 12.3. The van der Waals surface area contributed by atoms with Crippen LogP contribution in [0.15, 0.2) is 30.3 Å². The highest BCUT2D eigenvalue weighted by atomic mass is 16.2. The van der Waals surface area contributed by atoms with Gasteiger partial charge in [-0.1, -0.05) is 30.3 Å². The van der Waals surface area contributed by atoms with Gasteiger partial charge >= 0.3 is 0 Å². The first-order chi connectivity index (χ1) is 11.6. The Morgan fingerprint density at radius 2 is 1.88 bits per heavy atom. The molecule has 0 aromatic heterocycles. The minimum absolute atomic E-state index is 0.0486. The van der Waals surface area contributed by atoms with Gasteiger partial charge in [0.15, 0.2) is 0 Å². The lowest BCUT2D eigenvalue weighted by molar-refractivity contribution is -0.188. The molecule has 1 unspecified atom stereocenters. The second kappa shape index (κ2) is 7.00. The van der Waals surface area contributed by atoms with E-state index in [-0.39, 0.29) is 24.9 Å². The summed E-state index contributed by atoms with van der Waals surface area (Å²) in [6, 6.07) is 10.1. The third-order valence-electron chi connectivity index (χ3n) is 4.63. The Bertz CT molecular complexity index is 622. The number of nitrogens with zero attached hydrogens (tertiary/aromatic N) is 4. The van der Waals surface area contributed by atoms with Gasteiger partial charge in [-0.25, -0.2) is 5.01 Å². The van der Waals surface area contributed by atoms with Gasteiger partial charge < -0.3 is 9.80 Å². The van der Waals surface area contributed by atoms with Crippen LogP contribution in [0.4, 0.5) is 0 Å². The molecule has 2 aliphatic rings. The van der Waals surface area contributed by atoms with Crippen LogP contribution in [0, 0.1) is 0 Å². The monoisotopic (exact) mass is 330 g/mol. The molecule has 0 spiro atoms. The van der Waals surface area contributed by atoms with Crippen molar-refractivity contribution in [2.45, 2.75) is 19.0 Å². The normalized spacial score (nSPS) is 21.9. The first-order valence-electron chi connectivity index (χ1n) is 8.16. The smallest absolute Gasteiger partial charge is 0.242 e. The Hall–Kier alpha value is -2.41. The lowest BCUT2D eigenvalue weighted by Gasteiger charge is -2.50. The van der Waals surface area contributed by atoms with E-state index in [4.69, 9.17) is 0 Å². The van der Waals surface area contributed by atoms with Crippen LogP contribution in [0.25, 0.3) is 0 Å². The minimum atomic E-state index is -0.400. The summed E-state index contributed by atoms with van der Waals surface area (Å²) < 4.78 is 0. The van der Waals surface area contributed by atoms with Crippen molar-refractivity contribution in [2.75, 3.05) is 33.2 Å². The molecular formula is C17H22N4O3. The molecule has 24 heavy (non-hydrogen) atoms. The van der Waals surface area contributed by atoms with E-state index in [0.29, 0.717) is 13.1 Å². The Morgan fingerprint density at radius 1 is 1.12 bits per heavy atom. The largest absolute Gasteiger partial charge is 0.337 e. The van der Waals surface area contributed by atoms with Crippen LogP contribution in [0.3, 0.4) is 0 Å². The summed E-state index contributed by atoms with van der Waals surface area (Å²) >= 11 is 0. The predicted molar refractivity (Wildman–Crippen MR) is 87.4 cm³/mol. The fraction of sp³-hybridized carbons (Fsp3) is 0.471. The van der Waals surface area contributed by atoms with Crippen molar-refractivity contribution in [3.8, 4) is 0 Å². The maximum Gasteiger partial charge on any atom is 0.242 e. The highest BCUT2D eigenvalue weighted by molar-refractivity contribution is 5.88. The molecular weight excluding hydrogens is 308 g/mol. The zero-order chi connectivity index (χ0) is 17.1. The maximum absolute atomic E-state index is 12.3. The molecule has 1 atom stereocenters. The number of aryl methyl sites for hydroxylation is 1. The second-order valence-electron chi connectivity index (χ2n) is 6.23. The molecule has 2 fully saturated rings. The quantitative estimate of drug-likeness (QED) is 0.709. The summed E-state index contributed by atoms with van der Waals surface area (Å²) in [4.78, 5) is 39.1. The molecule has 7 heteroatoms. The molecule has 1 aromatic rings. The van der Waals surface area contributed by atoms with Gasteiger partial charge in [-0.05, 0) is 18.4 Å². The van der Waals surface area contributed by atoms with E-state index in [2.05, 4.69) is 12.1 Å². The number of hydrazine groups is 1. The summed E-state index contributed by atoms with van der Waals surface area (Å²) in [6.07, 6.45) is 2.08. The van der Waals surface area contributed by atoms with Crippen LogP contribution in [-0.4, -0.2) is 77.4 Å². The van der Waals surface area contributed by atoms with Crippen LogP contribution in [0.5, 0.6) is 0 Å². The number of amides is 3. The molecule has 7 nitrogen and oxygen atoms in total. The van der Waals surface area contributed by atoms with Crippen molar-refractivity contribution in [3.05, 3.63) is 35.9 Å². The van der Waals surface area contributed by atoms with Crippen LogP contribution in [0.2, 0.25) is 0 Å². The van der Waals surface area contributed by atoms with Gasteiger partial charge in [-0.3, -0.25) is 19.4 Å². The zero-order valence-electron chi connectivity index (χ0n) is 13.8. The van der Waals surface area contributed by atoms with Crippen molar-refractivity contribution in [2.24, 2.45) is 0 Å². The average molecular weight is 330 g/mol. The molecule has 128 valence electrons. The lowest BCUT2D eigenvalue weighted by atomic mass is 10.1. The van der Waals surface area contributed by atoms with E-state index in [9.17, 15) is 14.4 Å². The Balaban J connectivity index is 1.62. The van der Waals surface area contributed by atoms with Crippen molar-refractivity contribution in [1.29, 1.82) is 0 Å². The summed E-state index contributed by atoms with van der Waals surface area (Å²) in [6.45, 7) is 1.16. The van der Waals surface area contributed by atoms with Crippen molar-refractivity contribution in [1.82, 2.24) is 19.8 Å². The minimum Gasteiger partial charge on any atom is -0.337 e. The molecule has 0 aliphatic carbocycles. The molecule has 0 radical (unpaired) electrons. The molecule has 3 amide bonds. The van der Waals surface area contributed by atoms with Gasteiger partial charge in [0, 0.05) is 13.6 Å². The molecule has 2 aliphatic heterocycles. The summed E-state index contributed by atoms with van der Waals surface area (Å²) in [5, 5.41) is 3.10. The van der Waals surface area contributed by atoms with Gasteiger partial charge in [-0.15, -0.1) is 0 Å². The molecule has 1 aromatic carbocycles. The first kappa shape index (κ1) is 16.4. The van der Waals surface area contributed by atoms with Gasteiger partial charge in [0.05, 0.1) is 13.1 Å². The van der Waals surface area contributed by atoms with E-state index >= 15 is 0 Å². The van der Waals surface area contributed by atoms with E-state index in [1.165, 1.54) is 15.5 Å². The third-order valence-corrected chi connectivity index (χ3v) is 4.63. The number of likely N-dealkylation sites (N-methyl/N-ethyl adjacent to an activating group) is 1. The highest BCUT2D eigenvalue weighted by Gasteiger charge is 2.42. The zero-order valence-corrected chi connectivity index (χ0v) is 13.8. The number of hydrogen-bond donors (Lipinski definition) is 0. The summed E-state index contributed by atoms with van der Waals surface area (Å²) in [5.41, 5.74) is 1.24. The van der Waals surface area contributed by atoms with E-state index in [0.717, 1.165) is 19.3 Å². The summed E-state index contributed by atoms with van der Waals surface area (Å²) in [5.74, 6) is -0.166. The van der Waals surface area contributed by atoms with Gasteiger partial charge in [0.2, 0.25) is 18.2 Å². The van der Waals surface area contributed by atoms with Crippen molar-refractivity contribution < 1.29 is 14.4 Å². The van der Waals surface area contributed by atoms with Crippen molar-refractivity contribution >= 4 is 18.2 Å². The SMILES string of the molecule is CN1CC(=O)N2CC(=O)N(CCCc3ccccc3)CC2N1C=O. The molecule has 3 rings (SSSR count). The first-order valence-corrected chi connectivity index (χ1v) is 8.16.